The number of H-pyrrole nitrogens is 1. The Hall–Kier alpha value is -1.75. The van der Waals surface area contributed by atoms with E-state index in [1.165, 1.54) is 0 Å². The zero-order valence-electron chi connectivity index (χ0n) is 7.77. The van der Waals surface area contributed by atoms with Crippen molar-refractivity contribution >= 4 is 0 Å². The number of methoxy groups -OCH3 is 1. The molecule has 0 aliphatic rings. The number of hydrogen-bond acceptors (Lipinski definition) is 4. The van der Waals surface area contributed by atoms with Crippen molar-refractivity contribution in [3.8, 4) is 11.4 Å². The number of rotatable bonds is 3. The average molecular weight is 192 g/mol. The molecule has 1 heterocycles. The lowest BCUT2D eigenvalue weighted by atomic mass is 10.1. The van der Waals surface area contributed by atoms with E-state index in [2.05, 4.69) is 20.6 Å². The Morgan fingerprint density at radius 3 is 2.71 bits per heavy atom. The molecule has 0 saturated heterocycles. The number of nitrogens with zero attached hydrogens (tertiary/aromatic N) is 3. The van der Waals surface area contributed by atoms with E-state index >= 15 is 0 Å². The molecule has 0 radical (unpaired) electrons. The van der Waals surface area contributed by atoms with E-state index in [1.807, 2.05) is 24.3 Å². The number of tetrazole rings is 1. The molecule has 0 unspecified atom stereocenters. The number of hydrogen-bond donors (Lipinski definition) is 1. The van der Waals surface area contributed by atoms with Crippen LogP contribution < -0.4 is 0 Å². The Kier molecular flexibility index (Phi) is 2.51. The molecule has 0 saturated carbocycles. The van der Waals surface area contributed by atoms with Gasteiger partial charge < -0.3 is 4.74 Å². The van der Waals surface area contributed by atoms with Crippen LogP contribution in [0.5, 0.6) is 0 Å². The summed E-state index contributed by atoms with van der Waals surface area (Å²) in [5.74, 6) is 0.606. The summed E-state index contributed by atoms with van der Waals surface area (Å²) in [7, 11) is 1.67. The molecule has 5 nitrogen and oxygen atoms in total. The van der Waals surface area contributed by atoms with Crippen LogP contribution >= 0.6 is 0 Å². The molecule has 2 aromatic rings. The van der Waals surface area contributed by atoms with Gasteiger partial charge in [-0.05, 0) is 10.8 Å². The molecule has 0 bridgehead atoms. The van der Waals surface area contributed by atoms with Crippen LogP contribution in [0.15, 0.2) is 24.3 Å². The molecule has 1 N–H and O–H groups in total. The minimum absolute atomic E-state index is 0. The average Bonchev–Trinajstić information content (AvgIpc) is 2.72. The van der Waals surface area contributed by atoms with Crippen molar-refractivity contribution in [2.75, 3.05) is 7.11 Å². The first-order valence-corrected chi connectivity index (χ1v) is 4.22. The number of benzene rings is 1. The van der Waals surface area contributed by atoms with Crippen molar-refractivity contribution in [2.45, 2.75) is 6.61 Å². The van der Waals surface area contributed by atoms with Crippen LogP contribution in [0.4, 0.5) is 0 Å². The fourth-order valence-electron chi connectivity index (χ4n) is 1.20. The van der Waals surface area contributed by atoms with Gasteiger partial charge in [0, 0.05) is 14.1 Å². The summed E-state index contributed by atoms with van der Waals surface area (Å²) >= 11 is 0. The minimum Gasteiger partial charge on any atom is -0.380 e. The van der Waals surface area contributed by atoms with Crippen molar-refractivity contribution in [3.63, 3.8) is 0 Å². The van der Waals surface area contributed by atoms with E-state index in [1.54, 1.807) is 7.11 Å². The van der Waals surface area contributed by atoms with Crippen molar-refractivity contribution in [3.05, 3.63) is 29.8 Å². The maximum absolute atomic E-state index is 5.01. The monoisotopic (exact) mass is 192 g/mol. The Labute approximate surface area is 82.6 Å². The second kappa shape index (κ2) is 3.97. The minimum atomic E-state index is 0. The summed E-state index contributed by atoms with van der Waals surface area (Å²) in [4.78, 5) is 0. The van der Waals surface area contributed by atoms with Crippen LogP contribution in [0.3, 0.4) is 0 Å². The summed E-state index contributed by atoms with van der Waals surface area (Å²) < 4.78 is 5.01. The van der Waals surface area contributed by atoms with Crippen molar-refractivity contribution in [1.82, 2.24) is 20.6 Å². The quantitative estimate of drug-likeness (QED) is 0.795. The zero-order valence-corrected chi connectivity index (χ0v) is 7.77. The normalized spacial score (nSPS) is 10.4. The van der Waals surface area contributed by atoms with Crippen molar-refractivity contribution in [2.24, 2.45) is 0 Å². The fraction of sp³-hybridized carbons (Fsp3) is 0.222. The van der Waals surface area contributed by atoms with Gasteiger partial charge in [0.25, 0.3) is 0 Å². The highest BCUT2D eigenvalue weighted by Gasteiger charge is 2.01. The summed E-state index contributed by atoms with van der Waals surface area (Å²) in [5.41, 5.74) is 2.07. The SMILES string of the molecule is COCc1ccc(-c2nn[nH]n2)cc1.[HH]. The van der Waals surface area contributed by atoms with Crippen LogP contribution in [0.25, 0.3) is 11.4 Å². The van der Waals surface area contributed by atoms with Crippen molar-refractivity contribution in [1.29, 1.82) is 0 Å². The summed E-state index contributed by atoms with van der Waals surface area (Å²) in [6, 6.07) is 7.85. The predicted octanol–water partition coefficient (Wildman–Crippen LogP) is 1.26. The van der Waals surface area contributed by atoms with Gasteiger partial charge in [0.2, 0.25) is 5.82 Å². The maximum Gasteiger partial charge on any atom is 0.204 e. The molecular weight excluding hydrogens is 180 g/mol. The number of aromatic nitrogens is 4. The van der Waals surface area contributed by atoms with Gasteiger partial charge in [0.05, 0.1) is 6.61 Å². The molecule has 5 heteroatoms. The van der Waals surface area contributed by atoms with Crippen LogP contribution in [0, 0.1) is 0 Å². The Balaban J connectivity index is 0.00000112. The van der Waals surface area contributed by atoms with E-state index in [4.69, 9.17) is 4.74 Å². The highest BCUT2D eigenvalue weighted by molar-refractivity contribution is 5.53. The molecule has 14 heavy (non-hydrogen) atoms. The van der Waals surface area contributed by atoms with E-state index in [-0.39, 0.29) is 1.43 Å². The van der Waals surface area contributed by atoms with E-state index < -0.39 is 0 Å². The maximum atomic E-state index is 5.01. The first-order chi connectivity index (χ1) is 6.90. The lowest BCUT2D eigenvalue weighted by Crippen LogP contribution is -1.87. The van der Waals surface area contributed by atoms with Gasteiger partial charge in [-0.1, -0.05) is 24.3 Å². The van der Waals surface area contributed by atoms with Gasteiger partial charge in [0.1, 0.15) is 0 Å². The van der Waals surface area contributed by atoms with Gasteiger partial charge in [-0.2, -0.15) is 5.21 Å². The Morgan fingerprint density at radius 2 is 2.14 bits per heavy atom. The van der Waals surface area contributed by atoms with Crippen LogP contribution in [0.2, 0.25) is 0 Å². The van der Waals surface area contributed by atoms with Crippen molar-refractivity contribution < 1.29 is 6.16 Å². The third-order valence-corrected chi connectivity index (χ3v) is 1.87. The smallest absolute Gasteiger partial charge is 0.204 e. The second-order valence-corrected chi connectivity index (χ2v) is 2.87. The third-order valence-electron chi connectivity index (χ3n) is 1.87. The standard InChI is InChI=1S/C9H10N4O.H2/c1-14-6-7-2-4-8(5-3-7)9-10-12-13-11-9;/h2-5H,6H2,1H3,(H,10,11,12,13);1H. The molecule has 0 aliphatic heterocycles. The lowest BCUT2D eigenvalue weighted by Gasteiger charge is -1.99. The van der Waals surface area contributed by atoms with Crippen LogP contribution in [-0.4, -0.2) is 27.7 Å². The summed E-state index contributed by atoms with van der Waals surface area (Å²) in [5, 5.41) is 13.7. The topological polar surface area (TPSA) is 63.7 Å². The summed E-state index contributed by atoms with van der Waals surface area (Å²) in [6.07, 6.45) is 0. The number of ether oxygens (including phenoxy) is 1. The van der Waals surface area contributed by atoms with Gasteiger partial charge in [-0.25, -0.2) is 0 Å². The molecule has 0 atom stereocenters. The lowest BCUT2D eigenvalue weighted by molar-refractivity contribution is 0.185. The van der Waals surface area contributed by atoms with Gasteiger partial charge in [-0.15, -0.1) is 10.2 Å². The summed E-state index contributed by atoms with van der Waals surface area (Å²) in [6.45, 7) is 0.618. The first-order valence-electron chi connectivity index (χ1n) is 4.22. The second-order valence-electron chi connectivity index (χ2n) is 2.87. The Morgan fingerprint density at radius 1 is 1.36 bits per heavy atom. The fourth-order valence-corrected chi connectivity index (χ4v) is 1.20. The molecular formula is C9H12N4O. The zero-order chi connectivity index (χ0) is 9.80. The molecule has 0 spiro atoms. The van der Waals surface area contributed by atoms with E-state index in [0.29, 0.717) is 12.4 Å². The predicted molar refractivity (Wildman–Crippen MR) is 52.4 cm³/mol. The van der Waals surface area contributed by atoms with Gasteiger partial charge in [-0.3, -0.25) is 0 Å². The highest BCUT2D eigenvalue weighted by atomic mass is 16.5. The molecule has 0 aliphatic carbocycles. The molecule has 0 amide bonds. The van der Waals surface area contributed by atoms with E-state index in [0.717, 1.165) is 11.1 Å². The van der Waals surface area contributed by atoms with Crippen LogP contribution in [-0.2, 0) is 11.3 Å². The first kappa shape index (κ1) is 8.83. The Bertz CT molecular complexity index is 387. The van der Waals surface area contributed by atoms with E-state index in [9.17, 15) is 0 Å². The van der Waals surface area contributed by atoms with Gasteiger partial charge >= 0.3 is 0 Å². The van der Waals surface area contributed by atoms with Gasteiger partial charge in [0.15, 0.2) is 0 Å². The molecule has 1 aromatic carbocycles. The largest absolute Gasteiger partial charge is 0.380 e. The number of nitrogens with one attached hydrogen (secondary N) is 1. The molecule has 74 valence electrons. The highest BCUT2D eigenvalue weighted by Crippen LogP contribution is 2.13. The molecule has 0 fully saturated rings. The number of aromatic amines is 1. The molecule has 1 aromatic heterocycles. The van der Waals surface area contributed by atoms with Crippen LogP contribution in [0.1, 0.15) is 6.99 Å². The molecule has 2 rings (SSSR count). The third kappa shape index (κ3) is 1.77.